The Morgan fingerprint density at radius 1 is 0.764 bits per heavy atom. The number of amides is 3. The average molecular weight is 734 g/mol. The fourth-order valence-corrected chi connectivity index (χ4v) is 7.24. The first-order chi connectivity index (χ1) is 26.5. The second-order valence-corrected chi connectivity index (χ2v) is 14.6. The van der Waals surface area contributed by atoms with E-state index in [1.54, 1.807) is 32.6 Å². The average Bonchev–Trinajstić information content (AvgIpc) is 3.20. The molecule has 0 bridgehead atoms. The third-order valence-electron chi connectivity index (χ3n) is 9.64. The summed E-state index contributed by atoms with van der Waals surface area (Å²) in [6, 6.07) is 45.7. The smallest absolute Gasteiger partial charge is 0.326 e. The van der Waals surface area contributed by atoms with Crippen molar-refractivity contribution in [1.82, 2.24) is 15.1 Å². The summed E-state index contributed by atoms with van der Waals surface area (Å²) in [5.74, 6) is -2.64. The van der Waals surface area contributed by atoms with Gasteiger partial charge in [0.25, 0.3) is 5.91 Å². The molecule has 5 aromatic carbocycles. The molecule has 1 N–H and O–H groups in total. The van der Waals surface area contributed by atoms with Crippen LogP contribution < -0.4 is 5.32 Å². The van der Waals surface area contributed by atoms with Crippen LogP contribution in [0.1, 0.15) is 73.9 Å². The molecule has 6 rings (SSSR count). The molecule has 8 nitrogen and oxygen atoms in total. The van der Waals surface area contributed by atoms with Crippen LogP contribution in [0.5, 0.6) is 0 Å². The molecule has 0 aromatic heterocycles. The van der Waals surface area contributed by atoms with Gasteiger partial charge in [-0.15, -0.1) is 0 Å². The quantitative estimate of drug-likeness (QED) is 0.131. The van der Waals surface area contributed by atoms with E-state index in [4.69, 9.17) is 4.74 Å². The van der Waals surface area contributed by atoms with E-state index in [1.807, 2.05) is 158 Å². The predicted molar refractivity (Wildman–Crippen MR) is 214 cm³/mol. The van der Waals surface area contributed by atoms with Gasteiger partial charge in [0, 0.05) is 24.6 Å². The second kappa shape index (κ2) is 16.8. The van der Waals surface area contributed by atoms with E-state index in [1.165, 1.54) is 4.90 Å². The molecule has 1 aliphatic heterocycles. The SMILES string of the molecule is CCC(=O)N(Cc1ccccc1)C(C(=O)N[C@@]1(c2ccccc2)C(=O)N(CC(=O)OC(C)(C)C)C(c2ccccc2)=C[C@H]1c1ccccc1)c1ccccc1. The van der Waals surface area contributed by atoms with Crippen molar-refractivity contribution >= 4 is 29.4 Å². The highest BCUT2D eigenvalue weighted by Crippen LogP contribution is 2.47. The fraction of sp³-hybridized carbons (Fsp3) is 0.234. The number of ether oxygens (including phenoxy) is 1. The van der Waals surface area contributed by atoms with Crippen LogP contribution in [-0.4, -0.2) is 45.6 Å². The van der Waals surface area contributed by atoms with E-state index in [0.29, 0.717) is 16.8 Å². The molecule has 0 fully saturated rings. The summed E-state index contributed by atoms with van der Waals surface area (Å²) in [5, 5.41) is 3.29. The van der Waals surface area contributed by atoms with E-state index >= 15 is 9.59 Å². The number of rotatable bonds is 12. The maximum Gasteiger partial charge on any atom is 0.326 e. The molecule has 0 saturated carbocycles. The third kappa shape index (κ3) is 8.60. The van der Waals surface area contributed by atoms with Crippen molar-refractivity contribution in [2.75, 3.05) is 6.54 Å². The fourth-order valence-electron chi connectivity index (χ4n) is 7.24. The lowest BCUT2D eigenvalue weighted by Crippen LogP contribution is -2.64. The van der Waals surface area contributed by atoms with Crippen molar-refractivity contribution in [3.63, 3.8) is 0 Å². The number of benzene rings is 5. The van der Waals surface area contributed by atoms with Gasteiger partial charge in [-0.3, -0.25) is 24.1 Å². The molecule has 3 amide bonds. The summed E-state index contributed by atoms with van der Waals surface area (Å²) in [6.07, 6.45) is 2.12. The highest BCUT2D eigenvalue weighted by atomic mass is 16.6. The van der Waals surface area contributed by atoms with Crippen molar-refractivity contribution in [3.05, 3.63) is 186 Å². The number of nitrogens with zero attached hydrogens (tertiary/aromatic N) is 2. The molecular formula is C47H47N3O5. The first-order valence-electron chi connectivity index (χ1n) is 18.6. The molecule has 280 valence electrons. The van der Waals surface area contributed by atoms with Crippen molar-refractivity contribution in [2.24, 2.45) is 0 Å². The number of hydrogen-bond donors (Lipinski definition) is 1. The van der Waals surface area contributed by atoms with Gasteiger partial charge in [-0.05, 0) is 54.7 Å². The Bertz CT molecular complexity index is 2120. The lowest BCUT2D eigenvalue weighted by Gasteiger charge is -2.47. The van der Waals surface area contributed by atoms with E-state index in [2.05, 4.69) is 5.32 Å². The van der Waals surface area contributed by atoms with Gasteiger partial charge >= 0.3 is 5.97 Å². The minimum atomic E-state index is -1.78. The van der Waals surface area contributed by atoms with Crippen LogP contribution in [0.25, 0.3) is 5.70 Å². The van der Waals surface area contributed by atoms with Crippen molar-refractivity contribution in [3.8, 4) is 0 Å². The summed E-state index contributed by atoms with van der Waals surface area (Å²) in [5.41, 5.74) is 1.38. The van der Waals surface area contributed by atoms with E-state index in [-0.39, 0.29) is 18.9 Å². The van der Waals surface area contributed by atoms with E-state index in [9.17, 15) is 9.59 Å². The number of nitrogens with one attached hydrogen (secondary N) is 1. The second-order valence-electron chi connectivity index (χ2n) is 14.6. The maximum atomic E-state index is 15.8. The molecule has 8 heteroatoms. The highest BCUT2D eigenvalue weighted by Gasteiger charge is 2.55. The molecule has 5 aromatic rings. The number of esters is 1. The van der Waals surface area contributed by atoms with Gasteiger partial charge in [-0.2, -0.15) is 0 Å². The monoisotopic (exact) mass is 733 g/mol. The Hall–Kier alpha value is -6.28. The Morgan fingerprint density at radius 3 is 1.85 bits per heavy atom. The highest BCUT2D eigenvalue weighted by molar-refractivity contribution is 6.03. The molecule has 0 saturated heterocycles. The summed E-state index contributed by atoms with van der Waals surface area (Å²) in [4.78, 5) is 61.9. The summed E-state index contributed by atoms with van der Waals surface area (Å²) >= 11 is 0. The summed E-state index contributed by atoms with van der Waals surface area (Å²) < 4.78 is 5.77. The van der Waals surface area contributed by atoms with Crippen molar-refractivity contribution in [1.29, 1.82) is 0 Å². The topological polar surface area (TPSA) is 96.0 Å². The van der Waals surface area contributed by atoms with Crippen LogP contribution >= 0.6 is 0 Å². The van der Waals surface area contributed by atoms with Gasteiger partial charge in [0.05, 0.1) is 0 Å². The van der Waals surface area contributed by atoms with Crippen LogP contribution in [0, 0.1) is 0 Å². The number of carbonyl (C=O) groups excluding carboxylic acids is 4. The van der Waals surface area contributed by atoms with Crippen LogP contribution in [0.4, 0.5) is 0 Å². The lowest BCUT2D eigenvalue weighted by atomic mass is 9.70. The molecular weight excluding hydrogens is 687 g/mol. The van der Waals surface area contributed by atoms with Gasteiger partial charge in [-0.25, -0.2) is 0 Å². The Morgan fingerprint density at radius 2 is 1.29 bits per heavy atom. The first kappa shape index (κ1) is 38.4. The molecule has 1 heterocycles. The minimum Gasteiger partial charge on any atom is -0.459 e. The Labute approximate surface area is 323 Å². The molecule has 1 aliphatic rings. The van der Waals surface area contributed by atoms with Gasteiger partial charge < -0.3 is 15.0 Å². The van der Waals surface area contributed by atoms with E-state index < -0.39 is 47.4 Å². The van der Waals surface area contributed by atoms with Crippen molar-refractivity contribution < 1.29 is 23.9 Å². The van der Waals surface area contributed by atoms with Crippen molar-refractivity contribution in [2.45, 2.75) is 63.8 Å². The standard InChI is InChI=1S/C47H47N3O5/c1-5-41(51)50(32-34-21-11-6-12-22-34)43(37-27-17-9-18-28-37)44(53)48-47(38-29-19-10-20-30-38)39(35-23-13-7-14-24-35)31-40(36-25-15-8-16-26-36)49(45(47)54)33-42(52)55-46(2,3)4/h6-31,39,43H,5,32-33H2,1-4H3,(H,48,53)/t39-,43?,47+/m0/s1. The lowest BCUT2D eigenvalue weighted by molar-refractivity contribution is -0.159. The van der Waals surface area contributed by atoms with Crippen LogP contribution in [0.3, 0.4) is 0 Å². The maximum absolute atomic E-state index is 15.8. The molecule has 0 aliphatic carbocycles. The zero-order chi connectivity index (χ0) is 39.0. The predicted octanol–water partition coefficient (Wildman–Crippen LogP) is 8.19. The molecule has 3 atom stereocenters. The van der Waals surface area contributed by atoms with Gasteiger partial charge in [0.2, 0.25) is 11.8 Å². The van der Waals surface area contributed by atoms with Crippen LogP contribution in [-0.2, 0) is 36.0 Å². The van der Waals surface area contributed by atoms with Gasteiger partial charge in [-0.1, -0.05) is 159 Å². The zero-order valence-electron chi connectivity index (χ0n) is 31.7. The molecule has 55 heavy (non-hydrogen) atoms. The van der Waals surface area contributed by atoms with Crippen LogP contribution in [0.2, 0.25) is 0 Å². The van der Waals surface area contributed by atoms with Crippen LogP contribution in [0.15, 0.2) is 158 Å². The minimum absolute atomic E-state index is 0.158. The summed E-state index contributed by atoms with van der Waals surface area (Å²) in [6.45, 7) is 6.86. The normalized spacial score (nSPS) is 17.5. The number of carbonyl (C=O) groups is 4. The molecule has 0 spiro atoms. The number of hydrogen-bond acceptors (Lipinski definition) is 5. The largest absolute Gasteiger partial charge is 0.459 e. The Balaban J connectivity index is 1.59. The first-order valence-corrected chi connectivity index (χ1v) is 18.6. The molecule has 0 radical (unpaired) electrons. The van der Waals surface area contributed by atoms with Gasteiger partial charge in [0.1, 0.15) is 18.2 Å². The third-order valence-corrected chi connectivity index (χ3v) is 9.64. The van der Waals surface area contributed by atoms with E-state index in [0.717, 1.165) is 16.7 Å². The molecule has 1 unspecified atom stereocenters. The van der Waals surface area contributed by atoms with Gasteiger partial charge in [0.15, 0.2) is 5.54 Å². The Kier molecular flexibility index (Phi) is 11.7. The summed E-state index contributed by atoms with van der Waals surface area (Å²) in [7, 11) is 0. The zero-order valence-corrected chi connectivity index (χ0v) is 31.7.